The summed E-state index contributed by atoms with van der Waals surface area (Å²) in [6.07, 6.45) is 55.0. The molecule has 0 rings (SSSR count). The number of quaternary nitrogens is 1. The zero-order chi connectivity index (χ0) is 47.8. The van der Waals surface area contributed by atoms with Gasteiger partial charge in [-0.2, -0.15) is 0 Å². The van der Waals surface area contributed by atoms with Gasteiger partial charge < -0.3 is 27.9 Å². The van der Waals surface area contributed by atoms with Gasteiger partial charge in [-0.05, 0) is 44.9 Å². The number of hydrogen-bond acceptors (Lipinski definition) is 8. The fourth-order valence-electron chi connectivity index (χ4n) is 7.92. The molecule has 0 bridgehead atoms. The molecule has 0 saturated heterocycles. The van der Waals surface area contributed by atoms with Crippen LogP contribution in [0, 0.1) is 0 Å². The molecule has 0 radical (unpaired) electrons. The van der Waals surface area contributed by atoms with E-state index < -0.39 is 26.5 Å². The van der Waals surface area contributed by atoms with Gasteiger partial charge in [0.2, 0.25) is 0 Å². The molecule has 2 atom stereocenters. The maximum Gasteiger partial charge on any atom is 0.306 e. The highest BCUT2D eigenvalue weighted by atomic mass is 31.2. The largest absolute Gasteiger partial charge is 0.756 e. The van der Waals surface area contributed by atoms with Crippen molar-refractivity contribution in [1.29, 1.82) is 0 Å². The fraction of sp³-hybridized carbons (Fsp3) is 0.891. The molecule has 384 valence electrons. The van der Waals surface area contributed by atoms with Crippen molar-refractivity contribution < 1.29 is 42.1 Å². The van der Waals surface area contributed by atoms with Gasteiger partial charge in [-0.1, -0.05) is 231 Å². The average molecular weight is 940 g/mol. The Hall–Kier alpha value is -1.51. The summed E-state index contributed by atoms with van der Waals surface area (Å²) in [4.78, 5) is 37.8. The van der Waals surface area contributed by atoms with Gasteiger partial charge in [0, 0.05) is 12.8 Å². The lowest BCUT2D eigenvalue weighted by Crippen LogP contribution is -2.37. The first-order valence-electron chi connectivity index (χ1n) is 27.5. The number of phosphoric ester groups is 1. The van der Waals surface area contributed by atoms with Crippen molar-refractivity contribution in [2.75, 3.05) is 47.5 Å². The Morgan fingerprint density at radius 3 is 1.25 bits per heavy atom. The van der Waals surface area contributed by atoms with E-state index in [4.69, 9.17) is 18.5 Å². The highest BCUT2D eigenvalue weighted by Gasteiger charge is 2.21. The van der Waals surface area contributed by atoms with E-state index in [0.717, 1.165) is 51.4 Å². The summed E-state index contributed by atoms with van der Waals surface area (Å²) in [5, 5.41) is 0. The van der Waals surface area contributed by atoms with Gasteiger partial charge in [0.25, 0.3) is 7.82 Å². The Labute approximate surface area is 402 Å². The Bertz CT molecular complexity index is 1150. The molecule has 9 nitrogen and oxygen atoms in total. The molecule has 0 heterocycles. The Balaban J connectivity index is 4.17. The first-order valence-corrected chi connectivity index (χ1v) is 29.0. The summed E-state index contributed by atoms with van der Waals surface area (Å²) in [5.41, 5.74) is 0. The number of unbranched alkanes of at least 4 members (excludes halogenated alkanes) is 33. The number of carbonyl (C=O) groups excluding carboxylic acids is 2. The van der Waals surface area contributed by atoms with Gasteiger partial charge in [-0.3, -0.25) is 14.2 Å². The number of likely N-dealkylation sites (N-methyl/N-ethyl adjacent to an activating group) is 1. The fourth-order valence-corrected chi connectivity index (χ4v) is 8.65. The van der Waals surface area contributed by atoms with Crippen LogP contribution in [-0.2, 0) is 32.7 Å². The van der Waals surface area contributed by atoms with E-state index in [1.165, 1.54) is 180 Å². The minimum Gasteiger partial charge on any atom is -0.756 e. The van der Waals surface area contributed by atoms with Crippen LogP contribution in [0.4, 0.5) is 0 Å². The predicted molar refractivity (Wildman–Crippen MR) is 273 cm³/mol. The van der Waals surface area contributed by atoms with Crippen molar-refractivity contribution in [3.8, 4) is 0 Å². The van der Waals surface area contributed by atoms with Gasteiger partial charge in [-0.15, -0.1) is 0 Å². The molecule has 0 fully saturated rings. The summed E-state index contributed by atoms with van der Waals surface area (Å²) in [5.74, 6) is -0.824. The third kappa shape index (κ3) is 51.7. The molecule has 0 aliphatic carbocycles. The van der Waals surface area contributed by atoms with Crippen LogP contribution in [-0.4, -0.2) is 70.0 Å². The van der Waals surface area contributed by atoms with E-state index in [1.54, 1.807) is 0 Å². The number of hydrogen-bond donors (Lipinski definition) is 0. The molecular formula is C55H106NO8P. The quantitative estimate of drug-likeness (QED) is 0.0195. The summed E-state index contributed by atoms with van der Waals surface area (Å²) in [7, 11) is 1.17. The molecule has 0 aromatic carbocycles. The first kappa shape index (κ1) is 63.5. The molecular weight excluding hydrogens is 834 g/mol. The topological polar surface area (TPSA) is 111 Å². The second kappa shape index (κ2) is 47.6. The van der Waals surface area contributed by atoms with Crippen LogP contribution < -0.4 is 4.89 Å². The second-order valence-electron chi connectivity index (χ2n) is 20.0. The lowest BCUT2D eigenvalue weighted by molar-refractivity contribution is -0.870. The Morgan fingerprint density at radius 1 is 0.477 bits per heavy atom. The maximum absolute atomic E-state index is 12.8. The Kier molecular flexibility index (Phi) is 46.4. The number of esters is 2. The summed E-state index contributed by atoms with van der Waals surface area (Å²) in [6.45, 7) is 4.25. The SMILES string of the molecule is CCCCC/C=C/C/C=C/CCCCCCCCCCCC(=O)O[C@H](COC(=O)CCCCCCCCCCCCCCCCCCCCCCCC)COP(=O)([O-])OCC[N+](C)(C)C. The molecule has 0 aliphatic rings. The summed E-state index contributed by atoms with van der Waals surface area (Å²) < 4.78 is 34.1. The van der Waals surface area contributed by atoms with Crippen LogP contribution in [0.25, 0.3) is 0 Å². The van der Waals surface area contributed by atoms with Gasteiger partial charge in [0.15, 0.2) is 6.10 Å². The zero-order valence-electron chi connectivity index (χ0n) is 43.5. The zero-order valence-corrected chi connectivity index (χ0v) is 44.3. The minimum absolute atomic E-state index is 0.0293. The highest BCUT2D eigenvalue weighted by molar-refractivity contribution is 7.45. The Morgan fingerprint density at radius 2 is 0.831 bits per heavy atom. The van der Waals surface area contributed by atoms with Crippen LogP contribution >= 0.6 is 7.82 Å². The molecule has 0 N–H and O–H groups in total. The highest BCUT2D eigenvalue weighted by Crippen LogP contribution is 2.38. The molecule has 0 aromatic heterocycles. The van der Waals surface area contributed by atoms with Crippen molar-refractivity contribution >= 4 is 19.8 Å². The van der Waals surface area contributed by atoms with Crippen LogP contribution in [0.2, 0.25) is 0 Å². The van der Waals surface area contributed by atoms with Crippen LogP contribution in [0.1, 0.15) is 264 Å². The predicted octanol–water partition coefficient (Wildman–Crippen LogP) is 16.0. The number of rotatable bonds is 51. The van der Waals surface area contributed by atoms with E-state index in [0.29, 0.717) is 17.4 Å². The van der Waals surface area contributed by atoms with Crippen LogP contribution in [0.5, 0.6) is 0 Å². The summed E-state index contributed by atoms with van der Waals surface area (Å²) in [6, 6.07) is 0. The monoisotopic (exact) mass is 940 g/mol. The van der Waals surface area contributed by atoms with E-state index in [9.17, 15) is 19.0 Å². The normalized spacial score (nSPS) is 13.5. The van der Waals surface area contributed by atoms with Crippen LogP contribution in [0.15, 0.2) is 24.3 Å². The smallest absolute Gasteiger partial charge is 0.306 e. The van der Waals surface area contributed by atoms with E-state index in [-0.39, 0.29) is 32.0 Å². The van der Waals surface area contributed by atoms with Gasteiger partial charge in [-0.25, -0.2) is 0 Å². The number of allylic oxidation sites excluding steroid dienone is 4. The van der Waals surface area contributed by atoms with Crippen molar-refractivity contribution in [3.05, 3.63) is 24.3 Å². The summed E-state index contributed by atoms with van der Waals surface area (Å²) >= 11 is 0. The van der Waals surface area contributed by atoms with Gasteiger partial charge in [0.05, 0.1) is 27.7 Å². The molecule has 0 spiro atoms. The van der Waals surface area contributed by atoms with Crippen molar-refractivity contribution in [1.82, 2.24) is 0 Å². The lowest BCUT2D eigenvalue weighted by Gasteiger charge is -2.28. The molecule has 1 unspecified atom stereocenters. The number of carbonyl (C=O) groups is 2. The van der Waals surface area contributed by atoms with Crippen molar-refractivity contribution in [2.24, 2.45) is 0 Å². The van der Waals surface area contributed by atoms with Crippen molar-refractivity contribution in [2.45, 2.75) is 270 Å². The van der Waals surface area contributed by atoms with Gasteiger partial charge >= 0.3 is 11.9 Å². The number of nitrogens with zero attached hydrogens (tertiary/aromatic N) is 1. The molecule has 65 heavy (non-hydrogen) atoms. The molecule has 0 amide bonds. The lowest BCUT2D eigenvalue weighted by atomic mass is 10.0. The average Bonchev–Trinajstić information content (AvgIpc) is 3.26. The molecule has 0 aliphatic heterocycles. The third-order valence-electron chi connectivity index (χ3n) is 12.2. The molecule has 0 aromatic rings. The number of phosphoric acid groups is 1. The van der Waals surface area contributed by atoms with Gasteiger partial charge in [0.1, 0.15) is 19.8 Å². The molecule has 0 saturated carbocycles. The maximum atomic E-state index is 12.8. The molecule has 10 heteroatoms. The van der Waals surface area contributed by atoms with E-state index >= 15 is 0 Å². The third-order valence-corrected chi connectivity index (χ3v) is 13.2. The standard InChI is InChI=1S/C55H106NO8P/c1-6-8-10-12-14-16-18-20-22-24-26-27-28-30-31-33-35-37-39-41-43-45-47-54(57)61-51-53(52-63-65(59,60)62-50-49-56(3,4)5)64-55(58)48-46-44-42-40-38-36-34-32-29-25-23-21-19-17-15-13-11-9-7-2/h15,17,21,23,53H,6-14,16,18-20,22,24-52H2,1-5H3/b17-15+,23-21+/t53-/m1/s1. The minimum atomic E-state index is -4.63. The second-order valence-corrected chi connectivity index (χ2v) is 21.4. The van der Waals surface area contributed by atoms with E-state index in [1.807, 2.05) is 21.1 Å². The number of ether oxygens (including phenoxy) is 2. The first-order chi connectivity index (χ1) is 31.5. The van der Waals surface area contributed by atoms with Crippen LogP contribution in [0.3, 0.4) is 0 Å². The van der Waals surface area contributed by atoms with E-state index in [2.05, 4.69) is 38.2 Å². The van der Waals surface area contributed by atoms with Crippen molar-refractivity contribution in [3.63, 3.8) is 0 Å².